The molecular formula is C14H15F3N2. The Balaban J connectivity index is 2.76. The van der Waals surface area contributed by atoms with E-state index in [1.54, 1.807) is 0 Å². The molecule has 0 fully saturated rings. The van der Waals surface area contributed by atoms with Gasteiger partial charge in [0.2, 0.25) is 0 Å². The third kappa shape index (κ3) is 2.50. The molecule has 0 spiro atoms. The summed E-state index contributed by atoms with van der Waals surface area (Å²) in [6, 6.07) is 3.57. The van der Waals surface area contributed by atoms with Crippen LogP contribution < -0.4 is 5.73 Å². The van der Waals surface area contributed by atoms with E-state index in [9.17, 15) is 13.2 Å². The van der Waals surface area contributed by atoms with Crippen LogP contribution in [-0.2, 0) is 11.6 Å². The van der Waals surface area contributed by atoms with Crippen LogP contribution in [0.25, 0.3) is 10.9 Å². The molecule has 0 aliphatic heterocycles. The topological polar surface area (TPSA) is 38.9 Å². The minimum atomic E-state index is -4.36. The van der Waals surface area contributed by atoms with Crippen LogP contribution in [0.5, 0.6) is 0 Å². The number of alkyl halides is 3. The molecule has 1 aromatic carbocycles. The van der Waals surface area contributed by atoms with Crippen molar-refractivity contribution in [2.24, 2.45) is 0 Å². The average Bonchev–Trinajstić information content (AvgIpc) is 2.25. The van der Waals surface area contributed by atoms with E-state index >= 15 is 0 Å². The van der Waals surface area contributed by atoms with Crippen molar-refractivity contribution in [3.8, 4) is 0 Å². The standard InChI is InChI=1S/C14H15F3N2/c1-13(2,3)12-9-5-4-8(14(15,16)17)6-11(9)19-7-10(12)18/h4-7H,18H2,1-3H3. The van der Waals surface area contributed by atoms with Gasteiger partial charge in [0.05, 0.1) is 23.0 Å². The molecule has 102 valence electrons. The Labute approximate surface area is 109 Å². The number of nitrogens with two attached hydrogens (primary N) is 1. The molecule has 0 aliphatic carbocycles. The number of nitrogens with zero attached hydrogens (tertiary/aromatic N) is 1. The van der Waals surface area contributed by atoms with Crippen molar-refractivity contribution in [2.75, 3.05) is 5.73 Å². The van der Waals surface area contributed by atoms with Crippen molar-refractivity contribution in [3.63, 3.8) is 0 Å². The molecule has 0 saturated heterocycles. The van der Waals surface area contributed by atoms with Crippen molar-refractivity contribution in [2.45, 2.75) is 32.4 Å². The molecule has 0 aliphatic rings. The van der Waals surface area contributed by atoms with E-state index in [2.05, 4.69) is 4.98 Å². The van der Waals surface area contributed by atoms with Gasteiger partial charge in [-0.2, -0.15) is 13.2 Å². The summed E-state index contributed by atoms with van der Waals surface area (Å²) in [4.78, 5) is 4.00. The van der Waals surface area contributed by atoms with Gasteiger partial charge in [-0.1, -0.05) is 26.8 Å². The molecule has 5 heteroatoms. The van der Waals surface area contributed by atoms with E-state index in [0.29, 0.717) is 16.6 Å². The highest BCUT2D eigenvalue weighted by Gasteiger charge is 2.31. The van der Waals surface area contributed by atoms with E-state index in [1.807, 2.05) is 20.8 Å². The first-order chi connectivity index (χ1) is 8.60. The van der Waals surface area contributed by atoms with Crippen LogP contribution in [0.1, 0.15) is 31.9 Å². The number of anilines is 1. The second-order valence-corrected chi connectivity index (χ2v) is 5.57. The summed E-state index contributed by atoms with van der Waals surface area (Å²) in [5.41, 5.74) is 6.59. The minimum absolute atomic E-state index is 0.259. The summed E-state index contributed by atoms with van der Waals surface area (Å²) in [6.45, 7) is 5.90. The first-order valence-corrected chi connectivity index (χ1v) is 5.86. The molecule has 0 amide bonds. The summed E-state index contributed by atoms with van der Waals surface area (Å²) < 4.78 is 38.0. The summed E-state index contributed by atoms with van der Waals surface area (Å²) in [5, 5.41) is 0.667. The van der Waals surface area contributed by atoms with Gasteiger partial charge in [0.15, 0.2) is 0 Å². The van der Waals surface area contributed by atoms with Crippen LogP contribution in [-0.4, -0.2) is 4.98 Å². The Bertz CT molecular complexity index is 625. The van der Waals surface area contributed by atoms with Gasteiger partial charge in [-0.05, 0) is 23.1 Å². The second-order valence-electron chi connectivity index (χ2n) is 5.57. The first kappa shape index (κ1) is 13.6. The number of halogens is 3. The van der Waals surface area contributed by atoms with Gasteiger partial charge in [0.1, 0.15) is 0 Å². The maximum Gasteiger partial charge on any atom is 0.416 e. The number of fused-ring (bicyclic) bond motifs is 1. The van der Waals surface area contributed by atoms with Crippen LogP contribution >= 0.6 is 0 Å². The number of benzene rings is 1. The highest BCUT2D eigenvalue weighted by atomic mass is 19.4. The molecule has 2 N–H and O–H groups in total. The molecule has 2 rings (SSSR count). The molecule has 1 aromatic heterocycles. The van der Waals surface area contributed by atoms with E-state index < -0.39 is 11.7 Å². The number of pyridine rings is 1. The second kappa shape index (κ2) is 4.11. The van der Waals surface area contributed by atoms with Crippen LogP contribution in [0.4, 0.5) is 18.9 Å². The molecule has 0 unspecified atom stereocenters. The van der Waals surface area contributed by atoms with Crippen molar-refractivity contribution in [1.29, 1.82) is 0 Å². The predicted molar refractivity (Wildman–Crippen MR) is 69.9 cm³/mol. The molecule has 0 atom stereocenters. The fourth-order valence-electron chi connectivity index (χ4n) is 2.22. The van der Waals surface area contributed by atoms with Gasteiger partial charge >= 0.3 is 6.18 Å². The van der Waals surface area contributed by atoms with Crippen molar-refractivity contribution < 1.29 is 13.2 Å². The summed E-state index contributed by atoms with van der Waals surface area (Å²) >= 11 is 0. The van der Waals surface area contributed by atoms with Gasteiger partial charge in [-0.3, -0.25) is 4.98 Å². The SMILES string of the molecule is CC(C)(C)c1c(N)cnc2cc(C(F)(F)F)ccc12. The highest BCUT2D eigenvalue weighted by Crippen LogP contribution is 2.36. The van der Waals surface area contributed by atoms with Crippen molar-refractivity contribution in [1.82, 2.24) is 4.98 Å². The van der Waals surface area contributed by atoms with Gasteiger partial charge in [0, 0.05) is 5.39 Å². The summed E-state index contributed by atoms with van der Waals surface area (Å²) in [6.07, 6.45) is -2.94. The average molecular weight is 268 g/mol. The molecule has 0 bridgehead atoms. The minimum Gasteiger partial charge on any atom is -0.397 e. The van der Waals surface area contributed by atoms with E-state index in [1.165, 1.54) is 12.3 Å². The van der Waals surface area contributed by atoms with Gasteiger partial charge in [-0.15, -0.1) is 0 Å². The third-order valence-corrected chi connectivity index (χ3v) is 2.98. The zero-order chi connectivity index (χ0) is 14.4. The fourth-order valence-corrected chi connectivity index (χ4v) is 2.22. The van der Waals surface area contributed by atoms with Gasteiger partial charge in [0.25, 0.3) is 0 Å². The van der Waals surface area contributed by atoms with E-state index in [4.69, 9.17) is 5.73 Å². The Morgan fingerprint density at radius 2 is 1.74 bits per heavy atom. The number of rotatable bonds is 0. The Kier molecular flexibility index (Phi) is 2.96. The van der Waals surface area contributed by atoms with E-state index in [0.717, 1.165) is 17.7 Å². The fraction of sp³-hybridized carbons (Fsp3) is 0.357. The monoisotopic (exact) mass is 268 g/mol. The summed E-state index contributed by atoms with van der Waals surface area (Å²) in [7, 11) is 0. The lowest BCUT2D eigenvalue weighted by molar-refractivity contribution is -0.137. The van der Waals surface area contributed by atoms with Crippen molar-refractivity contribution >= 4 is 16.6 Å². The maximum absolute atomic E-state index is 12.7. The van der Waals surface area contributed by atoms with Crippen LogP contribution in [0, 0.1) is 0 Å². The number of nitrogen functional groups attached to an aromatic ring is 1. The third-order valence-electron chi connectivity index (χ3n) is 2.98. The molecule has 2 nitrogen and oxygen atoms in total. The van der Waals surface area contributed by atoms with Gasteiger partial charge < -0.3 is 5.73 Å². The Hall–Kier alpha value is -1.78. The zero-order valence-corrected chi connectivity index (χ0v) is 11.0. The largest absolute Gasteiger partial charge is 0.416 e. The Morgan fingerprint density at radius 3 is 2.26 bits per heavy atom. The lowest BCUT2D eigenvalue weighted by Gasteiger charge is -2.23. The highest BCUT2D eigenvalue weighted by molar-refractivity contribution is 5.87. The van der Waals surface area contributed by atoms with Gasteiger partial charge in [-0.25, -0.2) is 0 Å². The lowest BCUT2D eigenvalue weighted by atomic mass is 9.83. The molecular weight excluding hydrogens is 253 g/mol. The van der Waals surface area contributed by atoms with Crippen LogP contribution in [0.3, 0.4) is 0 Å². The lowest BCUT2D eigenvalue weighted by Crippen LogP contribution is -2.15. The van der Waals surface area contributed by atoms with Crippen LogP contribution in [0.2, 0.25) is 0 Å². The first-order valence-electron chi connectivity index (χ1n) is 5.86. The molecule has 0 radical (unpaired) electrons. The van der Waals surface area contributed by atoms with E-state index in [-0.39, 0.29) is 5.41 Å². The van der Waals surface area contributed by atoms with Crippen LogP contribution in [0.15, 0.2) is 24.4 Å². The Morgan fingerprint density at radius 1 is 1.11 bits per heavy atom. The molecule has 0 saturated carbocycles. The molecule has 19 heavy (non-hydrogen) atoms. The number of hydrogen-bond acceptors (Lipinski definition) is 2. The number of hydrogen-bond donors (Lipinski definition) is 1. The quantitative estimate of drug-likeness (QED) is 0.780. The summed E-state index contributed by atoms with van der Waals surface area (Å²) in [5.74, 6) is 0. The molecule has 2 aromatic rings. The number of aromatic nitrogens is 1. The van der Waals surface area contributed by atoms with Crippen molar-refractivity contribution in [3.05, 3.63) is 35.5 Å². The zero-order valence-electron chi connectivity index (χ0n) is 11.0. The molecule has 1 heterocycles. The smallest absolute Gasteiger partial charge is 0.397 e. The maximum atomic E-state index is 12.7. The normalized spacial score (nSPS) is 12.9. The predicted octanol–water partition coefficient (Wildman–Crippen LogP) is 4.13.